The number of hydrogen-bond acceptors (Lipinski definition) is 4. The van der Waals surface area contributed by atoms with Crippen molar-refractivity contribution in [2.75, 3.05) is 18.2 Å². The van der Waals surface area contributed by atoms with Crippen LogP contribution in [-0.2, 0) is 9.59 Å². The summed E-state index contributed by atoms with van der Waals surface area (Å²) in [5, 5.41) is 1.69. The summed E-state index contributed by atoms with van der Waals surface area (Å²) < 4.78 is 11.7. The number of nitrogens with zero attached hydrogens (tertiary/aromatic N) is 1. The van der Waals surface area contributed by atoms with Crippen molar-refractivity contribution in [3.63, 3.8) is 0 Å². The SMILES string of the molecule is CC[C@H](C)c1ccc(OCCOc2ccc(Cl)cc2/C=C2/C(=O)NN(c3ccccc3)C2=O)cc1. The van der Waals surface area contributed by atoms with Gasteiger partial charge in [-0.05, 0) is 66.4 Å². The molecule has 2 amide bonds. The molecule has 35 heavy (non-hydrogen) atoms. The Morgan fingerprint density at radius 3 is 2.40 bits per heavy atom. The Bertz CT molecular complexity index is 1230. The van der Waals surface area contributed by atoms with Gasteiger partial charge in [0, 0.05) is 10.6 Å². The zero-order chi connectivity index (χ0) is 24.8. The van der Waals surface area contributed by atoms with Gasteiger partial charge >= 0.3 is 0 Å². The van der Waals surface area contributed by atoms with E-state index in [0.29, 0.717) is 34.5 Å². The van der Waals surface area contributed by atoms with E-state index in [9.17, 15) is 9.59 Å². The normalized spacial score (nSPS) is 15.3. The van der Waals surface area contributed by atoms with Crippen molar-refractivity contribution in [1.29, 1.82) is 0 Å². The number of anilines is 1. The minimum atomic E-state index is -0.492. The quantitative estimate of drug-likeness (QED) is 0.235. The van der Waals surface area contributed by atoms with Crippen LogP contribution in [0.3, 0.4) is 0 Å². The average molecular weight is 491 g/mol. The van der Waals surface area contributed by atoms with Crippen LogP contribution in [0.2, 0.25) is 5.02 Å². The molecule has 0 saturated carbocycles. The molecule has 1 N–H and O–H groups in total. The van der Waals surface area contributed by atoms with Crippen LogP contribution < -0.4 is 19.9 Å². The van der Waals surface area contributed by atoms with Crippen molar-refractivity contribution in [3.05, 3.63) is 94.5 Å². The number of nitrogens with one attached hydrogen (secondary N) is 1. The number of halogens is 1. The van der Waals surface area contributed by atoms with E-state index in [0.717, 1.165) is 12.2 Å². The molecule has 0 radical (unpaired) electrons. The molecule has 0 aliphatic carbocycles. The predicted molar refractivity (Wildman–Crippen MR) is 138 cm³/mol. The highest BCUT2D eigenvalue weighted by molar-refractivity contribution is 6.32. The topological polar surface area (TPSA) is 67.9 Å². The molecular formula is C28H27ClN2O4. The van der Waals surface area contributed by atoms with E-state index in [4.69, 9.17) is 21.1 Å². The van der Waals surface area contributed by atoms with Gasteiger partial charge in [0.05, 0.1) is 5.69 Å². The van der Waals surface area contributed by atoms with Gasteiger partial charge in [0.15, 0.2) is 0 Å². The maximum atomic E-state index is 12.9. The molecule has 6 nitrogen and oxygen atoms in total. The molecular weight excluding hydrogens is 464 g/mol. The summed E-state index contributed by atoms with van der Waals surface area (Å²) in [6.45, 7) is 4.98. The van der Waals surface area contributed by atoms with Crippen LogP contribution in [-0.4, -0.2) is 25.0 Å². The smallest absolute Gasteiger partial charge is 0.282 e. The highest BCUT2D eigenvalue weighted by atomic mass is 35.5. The van der Waals surface area contributed by atoms with Gasteiger partial charge in [-0.25, -0.2) is 5.01 Å². The molecule has 7 heteroatoms. The van der Waals surface area contributed by atoms with Crippen LogP contribution in [0.5, 0.6) is 11.5 Å². The summed E-state index contributed by atoms with van der Waals surface area (Å²) in [5.41, 5.74) is 4.98. The zero-order valence-electron chi connectivity index (χ0n) is 19.7. The van der Waals surface area contributed by atoms with Gasteiger partial charge in [-0.1, -0.05) is 55.8 Å². The Labute approximate surface area is 210 Å². The molecule has 1 saturated heterocycles. The maximum absolute atomic E-state index is 12.9. The highest BCUT2D eigenvalue weighted by Gasteiger charge is 2.34. The number of amides is 2. The number of rotatable bonds is 9. The van der Waals surface area contributed by atoms with Crippen molar-refractivity contribution >= 4 is 35.2 Å². The summed E-state index contributed by atoms with van der Waals surface area (Å²) in [5.74, 6) is 0.841. The van der Waals surface area contributed by atoms with E-state index < -0.39 is 11.8 Å². The predicted octanol–water partition coefficient (Wildman–Crippen LogP) is 5.77. The van der Waals surface area contributed by atoms with Gasteiger partial charge < -0.3 is 9.47 Å². The molecule has 4 rings (SSSR count). The standard InChI is InChI=1S/C28H27ClN2O4/c1-3-19(2)20-9-12-24(13-10-20)34-15-16-35-26-14-11-22(29)17-21(26)18-25-27(32)30-31(28(25)33)23-7-5-4-6-8-23/h4-14,17-19H,3,15-16H2,1-2H3,(H,30,32)/b25-18-/t19-/m0/s1. The van der Waals surface area contributed by atoms with Crippen molar-refractivity contribution in [3.8, 4) is 11.5 Å². The van der Waals surface area contributed by atoms with E-state index in [2.05, 4.69) is 31.4 Å². The largest absolute Gasteiger partial charge is 0.490 e. The molecule has 1 aliphatic rings. The van der Waals surface area contributed by atoms with Gasteiger partial charge in [-0.15, -0.1) is 0 Å². The van der Waals surface area contributed by atoms with Gasteiger partial charge in [0.2, 0.25) is 0 Å². The van der Waals surface area contributed by atoms with Gasteiger partial charge in [0.1, 0.15) is 30.3 Å². The summed E-state index contributed by atoms with van der Waals surface area (Å²) >= 11 is 6.18. The zero-order valence-corrected chi connectivity index (χ0v) is 20.4. The van der Waals surface area contributed by atoms with Crippen molar-refractivity contribution in [1.82, 2.24) is 5.43 Å². The lowest BCUT2D eigenvalue weighted by molar-refractivity contribution is -0.117. The monoisotopic (exact) mass is 490 g/mol. The molecule has 180 valence electrons. The lowest BCUT2D eigenvalue weighted by Gasteiger charge is -2.14. The fourth-order valence-corrected chi connectivity index (χ4v) is 3.86. The lowest BCUT2D eigenvalue weighted by atomic mass is 9.99. The fourth-order valence-electron chi connectivity index (χ4n) is 3.67. The highest BCUT2D eigenvalue weighted by Crippen LogP contribution is 2.28. The maximum Gasteiger partial charge on any atom is 0.282 e. The Hall–Kier alpha value is -3.77. The van der Waals surface area contributed by atoms with Crippen molar-refractivity contribution < 1.29 is 19.1 Å². The van der Waals surface area contributed by atoms with E-state index in [1.807, 2.05) is 18.2 Å². The summed E-state index contributed by atoms with van der Waals surface area (Å²) in [6, 6.07) is 22.1. The third kappa shape index (κ3) is 5.84. The molecule has 1 heterocycles. The number of carbonyl (C=O) groups is 2. The second-order valence-corrected chi connectivity index (χ2v) is 8.67. The van der Waals surface area contributed by atoms with Crippen LogP contribution in [0.1, 0.15) is 37.3 Å². The average Bonchev–Trinajstić information content (AvgIpc) is 3.16. The Morgan fingerprint density at radius 2 is 1.69 bits per heavy atom. The summed E-state index contributed by atoms with van der Waals surface area (Å²) in [4.78, 5) is 25.4. The number of hydrazine groups is 1. The van der Waals surface area contributed by atoms with E-state index in [1.165, 1.54) is 16.6 Å². The number of ether oxygens (including phenoxy) is 2. The van der Waals surface area contributed by atoms with E-state index in [1.54, 1.807) is 42.5 Å². The van der Waals surface area contributed by atoms with Crippen LogP contribution >= 0.6 is 11.6 Å². The number of carbonyl (C=O) groups excluding carboxylic acids is 2. The molecule has 3 aromatic rings. The molecule has 0 unspecified atom stereocenters. The Balaban J connectivity index is 1.42. The molecule has 1 fully saturated rings. The summed E-state index contributed by atoms with van der Waals surface area (Å²) in [6.07, 6.45) is 2.58. The minimum Gasteiger partial charge on any atom is -0.490 e. The van der Waals surface area contributed by atoms with Gasteiger partial charge in [-0.3, -0.25) is 15.0 Å². The van der Waals surface area contributed by atoms with Crippen LogP contribution in [0.4, 0.5) is 5.69 Å². The first kappa shape index (κ1) is 24.4. The van der Waals surface area contributed by atoms with Crippen LogP contribution in [0, 0.1) is 0 Å². The van der Waals surface area contributed by atoms with Crippen molar-refractivity contribution in [2.24, 2.45) is 0 Å². The summed E-state index contributed by atoms with van der Waals surface area (Å²) in [7, 11) is 0. The lowest BCUT2D eigenvalue weighted by Crippen LogP contribution is -2.35. The molecule has 0 aromatic heterocycles. The fraction of sp³-hybridized carbons (Fsp3) is 0.214. The number of hydrogen-bond donors (Lipinski definition) is 1. The second-order valence-electron chi connectivity index (χ2n) is 8.23. The molecule has 1 aliphatic heterocycles. The number of para-hydroxylation sites is 1. The van der Waals surface area contributed by atoms with Gasteiger partial charge in [-0.2, -0.15) is 0 Å². The molecule has 0 spiro atoms. The first-order valence-corrected chi connectivity index (χ1v) is 11.9. The third-order valence-electron chi connectivity index (χ3n) is 5.85. The first-order valence-electron chi connectivity index (χ1n) is 11.5. The molecule has 1 atom stereocenters. The van der Waals surface area contributed by atoms with Crippen LogP contribution in [0.15, 0.2) is 78.4 Å². The van der Waals surface area contributed by atoms with Gasteiger partial charge in [0.25, 0.3) is 11.8 Å². The number of benzene rings is 3. The van der Waals surface area contributed by atoms with E-state index >= 15 is 0 Å². The Morgan fingerprint density at radius 1 is 0.971 bits per heavy atom. The van der Waals surface area contributed by atoms with Crippen LogP contribution in [0.25, 0.3) is 6.08 Å². The third-order valence-corrected chi connectivity index (χ3v) is 6.08. The Kier molecular flexibility index (Phi) is 7.73. The first-order chi connectivity index (χ1) is 17.0. The van der Waals surface area contributed by atoms with E-state index in [-0.39, 0.29) is 12.2 Å². The van der Waals surface area contributed by atoms with Crippen molar-refractivity contribution in [2.45, 2.75) is 26.2 Å². The molecule has 3 aromatic carbocycles. The second kappa shape index (κ2) is 11.1. The minimum absolute atomic E-state index is 0.00128. The molecule has 0 bridgehead atoms.